The summed E-state index contributed by atoms with van der Waals surface area (Å²) in [5.41, 5.74) is 6.47. The maximum absolute atomic E-state index is 5.17. The number of piperidine rings is 1. The highest BCUT2D eigenvalue weighted by Crippen LogP contribution is 2.43. The van der Waals surface area contributed by atoms with E-state index in [1.165, 1.54) is 23.8 Å². The zero-order chi connectivity index (χ0) is 22.0. The summed E-state index contributed by atoms with van der Waals surface area (Å²) in [5, 5.41) is 8.41. The Balaban J connectivity index is 1.46. The van der Waals surface area contributed by atoms with E-state index in [0.29, 0.717) is 12.0 Å². The van der Waals surface area contributed by atoms with Gasteiger partial charge in [-0.25, -0.2) is 9.97 Å². The molecule has 1 saturated heterocycles. The molecule has 166 valence electrons. The normalized spacial score (nSPS) is 16.8. The minimum Gasteiger partial charge on any atom is -0.317 e. The molecule has 6 nitrogen and oxygen atoms in total. The molecule has 2 N–H and O–H groups in total. The quantitative estimate of drug-likeness (QED) is 0.464. The van der Waals surface area contributed by atoms with Crippen LogP contribution >= 0.6 is 0 Å². The van der Waals surface area contributed by atoms with E-state index < -0.39 is 0 Å². The van der Waals surface area contributed by atoms with Crippen molar-refractivity contribution in [1.82, 2.24) is 30.6 Å². The van der Waals surface area contributed by atoms with Crippen molar-refractivity contribution in [3.05, 3.63) is 72.4 Å². The van der Waals surface area contributed by atoms with Crippen molar-refractivity contribution in [3.8, 4) is 22.5 Å². The van der Waals surface area contributed by atoms with Crippen molar-refractivity contribution in [3.63, 3.8) is 0 Å². The van der Waals surface area contributed by atoms with Gasteiger partial charge in [0, 0.05) is 47.7 Å². The van der Waals surface area contributed by atoms with E-state index in [-0.39, 0.29) is 0 Å². The molecular formula is C27H28N6. The van der Waals surface area contributed by atoms with Crippen LogP contribution in [-0.4, -0.2) is 39.1 Å². The smallest absolute Gasteiger partial charge is 0.160 e. The molecule has 0 atom stereocenters. The first-order valence-corrected chi connectivity index (χ1v) is 12.0. The zero-order valence-electron chi connectivity index (χ0n) is 18.7. The molecular weight excluding hydrogens is 408 g/mol. The molecule has 0 amide bonds. The Hall–Kier alpha value is -3.22. The third-order valence-corrected chi connectivity index (χ3v) is 6.77. The van der Waals surface area contributed by atoms with Crippen LogP contribution in [0.4, 0.5) is 0 Å². The van der Waals surface area contributed by atoms with Gasteiger partial charge < -0.3 is 10.6 Å². The summed E-state index contributed by atoms with van der Waals surface area (Å²) in [6, 6.07) is 12.9. The van der Waals surface area contributed by atoms with Crippen molar-refractivity contribution >= 4 is 10.9 Å². The molecule has 6 heteroatoms. The Bertz CT molecular complexity index is 1260. The molecule has 33 heavy (non-hydrogen) atoms. The molecule has 2 fully saturated rings. The second-order valence-electron chi connectivity index (χ2n) is 9.08. The second kappa shape index (κ2) is 8.96. The molecule has 1 aromatic carbocycles. The monoisotopic (exact) mass is 436 g/mol. The van der Waals surface area contributed by atoms with E-state index >= 15 is 0 Å². The van der Waals surface area contributed by atoms with Gasteiger partial charge in [0.25, 0.3) is 0 Å². The van der Waals surface area contributed by atoms with Gasteiger partial charge in [-0.3, -0.25) is 9.97 Å². The van der Waals surface area contributed by atoms with Crippen molar-refractivity contribution in [1.29, 1.82) is 0 Å². The first-order chi connectivity index (χ1) is 16.4. The first kappa shape index (κ1) is 20.4. The lowest BCUT2D eigenvalue weighted by Crippen LogP contribution is -2.39. The summed E-state index contributed by atoms with van der Waals surface area (Å²) in [5.74, 6) is 1.33. The lowest BCUT2D eigenvalue weighted by molar-refractivity contribution is 0.385. The maximum atomic E-state index is 5.17. The van der Waals surface area contributed by atoms with Crippen molar-refractivity contribution in [2.75, 3.05) is 13.1 Å². The van der Waals surface area contributed by atoms with Crippen LogP contribution in [0, 0.1) is 0 Å². The highest BCUT2D eigenvalue weighted by molar-refractivity contribution is 5.88. The molecule has 0 bridgehead atoms. The van der Waals surface area contributed by atoms with Gasteiger partial charge in [0.1, 0.15) is 0 Å². The van der Waals surface area contributed by atoms with Crippen molar-refractivity contribution in [2.45, 2.75) is 44.2 Å². The number of hydrogen-bond acceptors (Lipinski definition) is 6. The average molecular weight is 437 g/mol. The van der Waals surface area contributed by atoms with Crippen LogP contribution in [0.1, 0.15) is 42.9 Å². The number of nitrogens with one attached hydrogen (secondary N) is 2. The van der Waals surface area contributed by atoms with Crippen LogP contribution in [0.5, 0.6) is 0 Å². The molecule has 6 rings (SSSR count). The van der Waals surface area contributed by atoms with E-state index in [9.17, 15) is 0 Å². The van der Waals surface area contributed by atoms with Crippen LogP contribution in [-0.2, 0) is 6.54 Å². The van der Waals surface area contributed by atoms with Gasteiger partial charge in [-0.05, 0) is 61.9 Å². The van der Waals surface area contributed by atoms with Gasteiger partial charge in [-0.2, -0.15) is 0 Å². The number of pyridine rings is 2. The molecule has 4 heterocycles. The van der Waals surface area contributed by atoms with Crippen molar-refractivity contribution < 1.29 is 0 Å². The number of aromatic nitrogens is 4. The number of fused-ring (bicyclic) bond motifs is 1. The molecule has 1 aliphatic heterocycles. The lowest BCUT2D eigenvalue weighted by atomic mass is 10.0. The predicted octanol–water partition coefficient (Wildman–Crippen LogP) is 4.47. The molecule has 0 unspecified atom stereocenters. The zero-order valence-corrected chi connectivity index (χ0v) is 18.7. The average Bonchev–Trinajstić information content (AvgIpc) is 3.73. The summed E-state index contributed by atoms with van der Waals surface area (Å²) in [6.45, 7) is 2.89. The van der Waals surface area contributed by atoms with Gasteiger partial charge >= 0.3 is 0 Å². The van der Waals surface area contributed by atoms with Crippen LogP contribution in [0.25, 0.3) is 33.4 Å². The molecule has 4 aromatic rings. The van der Waals surface area contributed by atoms with Crippen LogP contribution in [0.15, 0.2) is 61.2 Å². The molecule has 3 aromatic heterocycles. The SMILES string of the molecule is c1ccc(-c2cnccc2-c2nc(CNC3CCNCC3)c3c(C4CC4)cncc3n2)cc1. The van der Waals surface area contributed by atoms with Crippen molar-refractivity contribution in [2.24, 2.45) is 0 Å². The van der Waals surface area contributed by atoms with E-state index in [0.717, 1.165) is 66.2 Å². The fraction of sp³-hybridized carbons (Fsp3) is 0.333. The fourth-order valence-electron chi connectivity index (χ4n) is 4.84. The van der Waals surface area contributed by atoms with Gasteiger partial charge in [-0.15, -0.1) is 0 Å². The molecule has 1 aliphatic carbocycles. The lowest BCUT2D eigenvalue weighted by Gasteiger charge is -2.24. The number of rotatable bonds is 6. The Morgan fingerprint density at radius 2 is 1.70 bits per heavy atom. The van der Waals surface area contributed by atoms with Gasteiger partial charge in [0.2, 0.25) is 0 Å². The Morgan fingerprint density at radius 3 is 2.52 bits per heavy atom. The van der Waals surface area contributed by atoms with Gasteiger partial charge in [0.15, 0.2) is 5.82 Å². The van der Waals surface area contributed by atoms with Crippen LogP contribution in [0.3, 0.4) is 0 Å². The van der Waals surface area contributed by atoms with Gasteiger partial charge in [-0.1, -0.05) is 30.3 Å². The van der Waals surface area contributed by atoms with E-state index in [4.69, 9.17) is 9.97 Å². The minimum absolute atomic E-state index is 0.520. The predicted molar refractivity (Wildman–Crippen MR) is 131 cm³/mol. The summed E-state index contributed by atoms with van der Waals surface area (Å²) < 4.78 is 0. The Labute approximate surface area is 193 Å². The second-order valence-corrected chi connectivity index (χ2v) is 9.08. The van der Waals surface area contributed by atoms with E-state index in [1.807, 2.05) is 49.1 Å². The number of benzene rings is 1. The van der Waals surface area contributed by atoms with Gasteiger partial charge in [0.05, 0.1) is 17.4 Å². The molecule has 1 saturated carbocycles. The summed E-state index contributed by atoms with van der Waals surface area (Å²) in [7, 11) is 0. The standard InChI is InChI=1S/C27H28N6/c1-2-4-18(5-3-1)22-14-29-13-10-21(22)27-32-24-16-30-15-23(19-6-7-19)26(24)25(33-27)17-31-20-8-11-28-12-9-20/h1-5,10,13-16,19-20,28,31H,6-9,11-12,17H2. The number of nitrogens with zero attached hydrogens (tertiary/aromatic N) is 4. The highest BCUT2D eigenvalue weighted by Gasteiger charge is 2.28. The van der Waals surface area contributed by atoms with E-state index in [2.05, 4.69) is 32.7 Å². The van der Waals surface area contributed by atoms with Crippen LogP contribution in [0.2, 0.25) is 0 Å². The Kier molecular flexibility index (Phi) is 5.54. The highest BCUT2D eigenvalue weighted by atomic mass is 15.0. The third-order valence-electron chi connectivity index (χ3n) is 6.77. The first-order valence-electron chi connectivity index (χ1n) is 12.0. The topological polar surface area (TPSA) is 75.6 Å². The minimum atomic E-state index is 0.520. The fourth-order valence-corrected chi connectivity index (χ4v) is 4.84. The van der Waals surface area contributed by atoms with E-state index in [1.54, 1.807) is 0 Å². The summed E-state index contributed by atoms with van der Waals surface area (Å²) in [6.07, 6.45) is 12.4. The molecule has 2 aliphatic rings. The summed E-state index contributed by atoms with van der Waals surface area (Å²) >= 11 is 0. The number of hydrogen-bond donors (Lipinski definition) is 2. The Morgan fingerprint density at radius 1 is 0.848 bits per heavy atom. The molecule has 0 radical (unpaired) electrons. The maximum Gasteiger partial charge on any atom is 0.160 e. The molecule has 0 spiro atoms. The third kappa shape index (κ3) is 4.24. The summed E-state index contributed by atoms with van der Waals surface area (Å²) in [4.78, 5) is 19.1. The van der Waals surface area contributed by atoms with Crippen LogP contribution < -0.4 is 10.6 Å². The largest absolute Gasteiger partial charge is 0.317 e.